The van der Waals surface area contributed by atoms with Crippen LogP contribution in [0.1, 0.15) is 24.7 Å². The molecule has 1 aromatic carbocycles. The van der Waals surface area contributed by atoms with E-state index in [1.54, 1.807) is 25.1 Å². The van der Waals surface area contributed by atoms with Crippen LogP contribution in [0.15, 0.2) is 28.9 Å². The van der Waals surface area contributed by atoms with Crippen LogP contribution in [0.25, 0.3) is 0 Å². The molecule has 0 aliphatic carbocycles. The third-order valence-electron chi connectivity index (χ3n) is 2.72. The van der Waals surface area contributed by atoms with Gasteiger partial charge in [0.25, 0.3) is 0 Å². The van der Waals surface area contributed by atoms with Crippen molar-refractivity contribution in [3.05, 3.63) is 50.4 Å². The number of nitro benzene ring substituents is 1. The van der Waals surface area contributed by atoms with Crippen molar-refractivity contribution in [3.8, 4) is 11.6 Å². The number of hydrogen-bond donors (Lipinski definition) is 0. The van der Waals surface area contributed by atoms with Gasteiger partial charge in [0, 0.05) is 18.6 Å². The van der Waals surface area contributed by atoms with Crippen LogP contribution in [0, 0.1) is 17.0 Å². The van der Waals surface area contributed by atoms with E-state index >= 15 is 0 Å². The molecule has 0 saturated carbocycles. The second-order valence-electron chi connectivity index (χ2n) is 4.53. The quantitative estimate of drug-likeness (QED) is 0.458. The van der Waals surface area contributed by atoms with Gasteiger partial charge in [-0.1, -0.05) is 13.0 Å². The standard InChI is InChI=1S/C14H14BrN3O3/c1-3-4-13-16-12(15)8-14(17-13)21-11-6-5-9(2)7-10(11)18(19)20/h5-8H,3-4H2,1-2H3. The summed E-state index contributed by atoms with van der Waals surface area (Å²) in [5.41, 5.74) is 0.714. The van der Waals surface area contributed by atoms with Gasteiger partial charge in [0.05, 0.1) is 4.92 Å². The van der Waals surface area contributed by atoms with Crippen molar-refractivity contribution in [2.45, 2.75) is 26.7 Å². The first-order chi connectivity index (χ1) is 9.99. The summed E-state index contributed by atoms with van der Waals surface area (Å²) in [7, 11) is 0. The molecule has 0 atom stereocenters. The van der Waals surface area contributed by atoms with Crippen molar-refractivity contribution >= 4 is 21.6 Å². The molecule has 0 spiro atoms. The Hall–Kier alpha value is -2.02. The lowest BCUT2D eigenvalue weighted by molar-refractivity contribution is -0.385. The molecule has 2 rings (SSSR count). The SMILES string of the molecule is CCCc1nc(Br)cc(Oc2ccc(C)cc2[N+](=O)[O-])n1. The van der Waals surface area contributed by atoms with Crippen LogP contribution in [0.4, 0.5) is 5.69 Å². The van der Waals surface area contributed by atoms with E-state index in [1.165, 1.54) is 6.07 Å². The molecule has 110 valence electrons. The highest BCUT2D eigenvalue weighted by Crippen LogP contribution is 2.32. The fraction of sp³-hybridized carbons (Fsp3) is 0.286. The number of nitrogens with zero attached hydrogens (tertiary/aromatic N) is 3. The summed E-state index contributed by atoms with van der Waals surface area (Å²) in [5, 5.41) is 11.1. The predicted octanol–water partition coefficient (Wildman–Crippen LogP) is 4.20. The Morgan fingerprint density at radius 3 is 2.76 bits per heavy atom. The average molecular weight is 352 g/mol. The summed E-state index contributed by atoms with van der Waals surface area (Å²) >= 11 is 3.29. The fourth-order valence-corrected chi connectivity index (χ4v) is 2.20. The number of ether oxygens (including phenoxy) is 1. The minimum Gasteiger partial charge on any atom is -0.432 e. The van der Waals surface area contributed by atoms with E-state index in [2.05, 4.69) is 25.9 Å². The van der Waals surface area contributed by atoms with Gasteiger partial charge in [-0.25, -0.2) is 4.98 Å². The summed E-state index contributed by atoms with van der Waals surface area (Å²) < 4.78 is 6.16. The minimum absolute atomic E-state index is 0.0817. The molecule has 0 aliphatic rings. The van der Waals surface area contributed by atoms with Crippen LogP contribution in [0.3, 0.4) is 0 Å². The third-order valence-corrected chi connectivity index (χ3v) is 3.12. The summed E-state index contributed by atoms with van der Waals surface area (Å²) in [6.07, 6.45) is 1.62. The van der Waals surface area contributed by atoms with Crippen molar-refractivity contribution in [3.63, 3.8) is 0 Å². The van der Waals surface area contributed by atoms with E-state index < -0.39 is 4.92 Å². The number of aromatic nitrogens is 2. The Bertz CT molecular complexity index is 677. The molecule has 7 heteroatoms. The zero-order valence-corrected chi connectivity index (χ0v) is 13.3. The van der Waals surface area contributed by atoms with Crippen LogP contribution >= 0.6 is 15.9 Å². The van der Waals surface area contributed by atoms with Crippen LogP contribution < -0.4 is 4.74 Å². The first-order valence-corrected chi connectivity index (χ1v) is 7.25. The molecule has 0 N–H and O–H groups in total. The summed E-state index contributed by atoms with van der Waals surface area (Å²) in [6.45, 7) is 3.81. The maximum atomic E-state index is 11.1. The topological polar surface area (TPSA) is 78.2 Å². The van der Waals surface area contributed by atoms with E-state index in [0.29, 0.717) is 16.8 Å². The van der Waals surface area contributed by atoms with E-state index in [0.717, 1.165) is 12.0 Å². The molecule has 0 amide bonds. The molecule has 1 heterocycles. The molecule has 6 nitrogen and oxygen atoms in total. The van der Waals surface area contributed by atoms with Crippen molar-refractivity contribution in [1.29, 1.82) is 0 Å². The number of halogens is 1. The maximum Gasteiger partial charge on any atom is 0.311 e. The van der Waals surface area contributed by atoms with Gasteiger partial charge >= 0.3 is 5.69 Å². The van der Waals surface area contributed by atoms with Crippen LogP contribution in [0.5, 0.6) is 11.6 Å². The second kappa shape index (κ2) is 6.62. The largest absolute Gasteiger partial charge is 0.432 e. The molecule has 21 heavy (non-hydrogen) atoms. The Balaban J connectivity index is 2.36. The minimum atomic E-state index is -0.467. The lowest BCUT2D eigenvalue weighted by Gasteiger charge is -2.07. The molecule has 0 radical (unpaired) electrons. The van der Waals surface area contributed by atoms with Crippen LogP contribution in [-0.2, 0) is 6.42 Å². The van der Waals surface area contributed by atoms with Gasteiger partial charge in [0.1, 0.15) is 10.4 Å². The monoisotopic (exact) mass is 351 g/mol. The first-order valence-electron chi connectivity index (χ1n) is 6.46. The van der Waals surface area contributed by atoms with Gasteiger partial charge in [-0.15, -0.1) is 0 Å². The highest BCUT2D eigenvalue weighted by atomic mass is 79.9. The van der Waals surface area contributed by atoms with E-state index in [-0.39, 0.29) is 17.3 Å². The lowest BCUT2D eigenvalue weighted by atomic mass is 10.2. The number of benzene rings is 1. The molecule has 0 bridgehead atoms. The maximum absolute atomic E-state index is 11.1. The summed E-state index contributed by atoms with van der Waals surface area (Å²) in [4.78, 5) is 19.1. The van der Waals surface area contributed by atoms with E-state index in [9.17, 15) is 10.1 Å². The first kappa shape index (κ1) is 15.4. The van der Waals surface area contributed by atoms with Crippen molar-refractivity contribution in [2.24, 2.45) is 0 Å². The van der Waals surface area contributed by atoms with Gasteiger partial charge in [0.2, 0.25) is 11.6 Å². The highest BCUT2D eigenvalue weighted by molar-refractivity contribution is 9.10. The zero-order valence-electron chi connectivity index (χ0n) is 11.7. The van der Waals surface area contributed by atoms with E-state index in [1.807, 2.05) is 6.92 Å². The Morgan fingerprint density at radius 2 is 2.10 bits per heavy atom. The van der Waals surface area contributed by atoms with Gasteiger partial charge in [0.15, 0.2) is 0 Å². The van der Waals surface area contributed by atoms with Crippen molar-refractivity contribution in [1.82, 2.24) is 9.97 Å². The molecular formula is C14H14BrN3O3. The normalized spacial score (nSPS) is 10.4. The predicted molar refractivity (Wildman–Crippen MR) is 81.6 cm³/mol. The third kappa shape index (κ3) is 3.98. The van der Waals surface area contributed by atoms with Gasteiger partial charge in [-0.2, -0.15) is 4.98 Å². The molecule has 2 aromatic rings. The number of rotatable bonds is 5. The molecule has 0 saturated heterocycles. The molecule has 0 aliphatic heterocycles. The number of nitro groups is 1. The van der Waals surface area contributed by atoms with Gasteiger partial charge in [-0.3, -0.25) is 10.1 Å². The van der Waals surface area contributed by atoms with Crippen molar-refractivity contribution < 1.29 is 9.66 Å². The molecular weight excluding hydrogens is 338 g/mol. The average Bonchev–Trinajstić information content (AvgIpc) is 2.40. The summed E-state index contributed by atoms with van der Waals surface area (Å²) in [6, 6.07) is 6.38. The van der Waals surface area contributed by atoms with Gasteiger partial charge < -0.3 is 4.74 Å². The van der Waals surface area contributed by atoms with E-state index in [4.69, 9.17) is 4.74 Å². The molecule has 0 unspecified atom stereocenters. The summed E-state index contributed by atoms with van der Waals surface area (Å²) in [5.74, 6) is 1.09. The fourth-order valence-electron chi connectivity index (χ4n) is 1.80. The highest BCUT2D eigenvalue weighted by Gasteiger charge is 2.17. The second-order valence-corrected chi connectivity index (χ2v) is 5.34. The Labute approximate surface area is 130 Å². The van der Waals surface area contributed by atoms with Crippen LogP contribution in [0.2, 0.25) is 0 Å². The van der Waals surface area contributed by atoms with Gasteiger partial charge in [-0.05, 0) is 40.9 Å². The lowest BCUT2D eigenvalue weighted by Crippen LogP contribution is -1.99. The number of hydrogen-bond acceptors (Lipinski definition) is 5. The smallest absolute Gasteiger partial charge is 0.311 e. The van der Waals surface area contributed by atoms with Crippen molar-refractivity contribution in [2.75, 3.05) is 0 Å². The Kier molecular flexibility index (Phi) is 4.85. The number of aryl methyl sites for hydroxylation is 2. The van der Waals surface area contributed by atoms with Crippen LogP contribution in [-0.4, -0.2) is 14.9 Å². The molecule has 0 fully saturated rings. The molecule has 1 aromatic heterocycles. The zero-order chi connectivity index (χ0) is 15.4. The Morgan fingerprint density at radius 1 is 1.33 bits per heavy atom.